The zero-order chi connectivity index (χ0) is 19.0. The van der Waals surface area contributed by atoms with Crippen LogP contribution in [0, 0.1) is 6.92 Å². The third-order valence-corrected chi connectivity index (χ3v) is 5.91. The first kappa shape index (κ1) is 18.0. The zero-order valence-electron chi connectivity index (χ0n) is 16.1. The quantitative estimate of drug-likeness (QED) is 0.834. The molecule has 2 heterocycles. The monoisotopic (exact) mass is 365 g/mol. The molecule has 1 aromatic carbocycles. The lowest BCUT2D eigenvalue weighted by Crippen LogP contribution is -2.43. The van der Waals surface area contributed by atoms with Gasteiger partial charge in [0.25, 0.3) is 5.56 Å². The molecule has 0 N–H and O–H groups in total. The predicted molar refractivity (Wildman–Crippen MR) is 105 cm³/mol. The van der Waals surface area contributed by atoms with Gasteiger partial charge >= 0.3 is 0 Å². The van der Waals surface area contributed by atoms with E-state index in [1.807, 2.05) is 30.0 Å². The molecule has 1 atom stereocenters. The van der Waals surface area contributed by atoms with Crippen LogP contribution in [0.5, 0.6) is 0 Å². The molecular formula is C22H27N3O2. The van der Waals surface area contributed by atoms with Crippen LogP contribution in [0.25, 0.3) is 0 Å². The van der Waals surface area contributed by atoms with Crippen molar-refractivity contribution in [3.05, 3.63) is 63.6 Å². The summed E-state index contributed by atoms with van der Waals surface area (Å²) in [6, 6.07) is 11.8. The van der Waals surface area contributed by atoms with E-state index in [1.165, 1.54) is 18.4 Å². The van der Waals surface area contributed by atoms with Crippen LogP contribution in [-0.4, -0.2) is 33.7 Å². The molecule has 2 fully saturated rings. The number of aromatic nitrogens is 2. The lowest BCUT2D eigenvalue weighted by molar-refractivity contribution is -0.133. The largest absolute Gasteiger partial charge is 0.342 e. The Bertz CT molecular complexity index is 875. The van der Waals surface area contributed by atoms with Crippen molar-refractivity contribution in [3.63, 3.8) is 0 Å². The number of rotatable bonds is 4. The summed E-state index contributed by atoms with van der Waals surface area (Å²) in [5.74, 6) is 0.569. The van der Waals surface area contributed by atoms with Crippen molar-refractivity contribution in [2.75, 3.05) is 13.1 Å². The first-order valence-corrected chi connectivity index (χ1v) is 9.98. The molecule has 1 saturated carbocycles. The molecular weight excluding hydrogens is 338 g/mol. The molecule has 1 aromatic heterocycles. The van der Waals surface area contributed by atoms with Crippen LogP contribution in [0.3, 0.4) is 0 Å². The van der Waals surface area contributed by atoms with Crippen LogP contribution in [0.2, 0.25) is 0 Å². The van der Waals surface area contributed by atoms with Gasteiger partial charge in [-0.05, 0) is 51.2 Å². The van der Waals surface area contributed by atoms with E-state index in [9.17, 15) is 9.59 Å². The van der Waals surface area contributed by atoms with Gasteiger partial charge in [0.1, 0.15) is 0 Å². The standard InChI is InChI=1S/C22H27N3O2/c1-15-3-5-17(6-4-15)16(2)22(27)24-13-11-19(12-14-24)25-21(26)10-9-20(23-25)18-7-8-18/h3-6,9-10,16,18-19H,7-8,11-14H2,1-2H3/t16-/m1/s1. The van der Waals surface area contributed by atoms with Gasteiger partial charge in [-0.1, -0.05) is 29.8 Å². The molecule has 5 heteroatoms. The lowest BCUT2D eigenvalue weighted by atomic mass is 9.96. The number of amides is 1. The van der Waals surface area contributed by atoms with Crippen molar-refractivity contribution >= 4 is 5.91 Å². The van der Waals surface area contributed by atoms with Crippen molar-refractivity contribution < 1.29 is 4.79 Å². The number of likely N-dealkylation sites (tertiary alicyclic amines) is 1. The van der Waals surface area contributed by atoms with Gasteiger partial charge in [0.2, 0.25) is 5.91 Å². The average molecular weight is 365 g/mol. The van der Waals surface area contributed by atoms with Gasteiger partial charge in [0.05, 0.1) is 17.7 Å². The normalized spacial score (nSPS) is 19.1. The number of hydrogen-bond acceptors (Lipinski definition) is 3. The fraction of sp³-hybridized carbons (Fsp3) is 0.500. The number of hydrogen-bond donors (Lipinski definition) is 0. The van der Waals surface area contributed by atoms with E-state index in [1.54, 1.807) is 10.7 Å². The van der Waals surface area contributed by atoms with Crippen LogP contribution in [0.15, 0.2) is 41.2 Å². The maximum absolute atomic E-state index is 12.9. The predicted octanol–water partition coefficient (Wildman–Crippen LogP) is 3.40. The molecule has 1 aliphatic heterocycles. The summed E-state index contributed by atoms with van der Waals surface area (Å²) in [4.78, 5) is 27.1. The minimum absolute atomic E-state index is 0.0304. The van der Waals surface area contributed by atoms with E-state index in [4.69, 9.17) is 0 Å². The Balaban J connectivity index is 1.41. The van der Waals surface area contributed by atoms with Crippen LogP contribution in [0.1, 0.15) is 67.3 Å². The lowest BCUT2D eigenvalue weighted by Gasteiger charge is -2.34. The Morgan fingerprint density at radius 1 is 1.04 bits per heavy atom. The molecule has 4 rings (SSSR count). The number of piperidine rings is 1. The summed E-state index contributed by atoms with van der Waals surface area (Å²) in [6.07, 6.45) is 3.92. The van der Waals surface area contributed by atoms with E-state index in [-0.39, 0.29) is 23.4 Å². The van der Waals surface area contributed by atoms with Crippen LogP contribution in [-0.2, 0) is 4.79 Å². The Morgan fingerprint density at radius 2 is 1.70 bits per heavy atom. The van der Waals surface area contributed by atoms with Gasteiger partial charge in [0.15, 0.2) is 0 Å². The molecule has 0 radical (unpaired) electrons. The molecule has 1 saturated heterocycles. The Kier molecular flexibility index (Phi) is 4.85. The van der Waals surface area contributed by atoms with E-state index >= 15 is 0 Å². The first-order chi connectivity index (χ1) is 13.0. The smallest absolute Gasteiger partial charge is 0.267 e. The van der Waals surface area contributed by atoms with Crippen molar-refractivity contribution in [1.29, 1.82) is 0 Å². The number of benzene rings is 1. The molecule has 27 heavy (non-hydrogen) atoms. The highest BCUT2D eigenvalue weighted by molar-refractivity contribution is 5.83. The van der Waals surface area contributed by atoms with Gasteiger partial charge in [0, 0.05) is 25.1 Å². The van der Waals surface area contributed by atoms with Gasteiger partial charge < -0.3 is 4.90 Å². The summed E-state index contributed by atoms with van der Waals surface area (Å²) in [6.45, 7) is 5.39. The summed E-state index contributed by atoms with van der Waals surface area (Å²) < 4.78 is 1.67. The van der Waals surface area contributed by atoms with Gasteiger partial charge in [-0.3, -0.25) is 9.59 Å². The highest BCUT2D eigenvalue weighted by Crippen LogP contribution is 2.38. The molecule has 2 aliphatic rings. The van der Waals surface area contributed by atoms with Gasteiger partial charge in [-0.25, -0.2) is 4.68 Å². The second-order valence-corrected chi connectivity index (χ2v) is 8.00. The molecule has 1 aliphatic carbocycles. The summed E-state index contributed by atoms with van der Waals surface area (Å²) in [5, 5.41) is 4.62. The fourth-order valence-electron chi connectivity index (χ4n) is 3.90. The molecule has 2 aromatic rings. The molecule has 5 nitrogen and oxygen atoms in total. The van der Waals surface area contributed by atoms with Gasteiger partial charge in [-0.2, -0.15) is 5.10 Å². The molecule has 0 unspecified atom stereocenters. The number of carbonyl (C=O) groups excluding carboxylic acids is 1. The molecule has 0 spiro atoms. The third kappa shape index (κ3) is 3.82. The Hall–Kier alpha value is -2.43. The van der Waals surface area contributed by atoms with Crippen LogP contribution >= 0.6 is 0 Å². The van der Waals surface area contributed by atoms with E-state index in [2.05, 4.69) is 24.2 Å². The van der Waals surface area contributed by atoms with E-state index in [0.29, 0.717) is 19.0 Å². The van der Waals surface area contributed by atoms with Crippen molar-refractivity contribution in [1.82, 2.24) is 14.7 Å². The van der Waals surface area contributed by atoms with Crippen molar-refractivity contribution in [2.45, 2.75) is 57.4 Å². The average Bonchev–Trinajstić information content (AvgIpc) is 3.53. The van der Waals surface area contributed by atoms with Gasteiger partial charge in [-0.15, -0.1) is 0 Å². The van der Waals surface area contributed by atoms with Crippen LogP contribution in [0.4, 0.5) is 0 Å². The zero-order valence-corrected chi connectivity index (χ0v) is 16.1. The SMILES string of the molecule is Cc1ccc([C@@H](C)C(=O)N2CCC(n3nc(C4CC4)ccc3=O)CC2)cc1. The molecule has 142 valence electrons. The third-order valence-electron chi connectivity index (χ3n) is 5.91. The maximum Gasteiger partial charge on any atom is 0.267 e. The second kappa shape index (κ2) is 7.29. The Morgan fingerprint density at radius 3 is 2.33 bits per heavy atom. The second-order valence-electron chi connectivity index (χ2n) is 8.00. The minimum Gasteiger partial charge on any atom is -0.342 e. The van der Waals surface area contributed by atoms with Crippen molar-refractivity contribution in [2.24, 2.45) is 0 Å². The van der Waals surface area contributed by atoms with E-state index in [0.717, 1.165) is 24.1 Å². The number of aryl methyl sites for hydroxylation is 1. The first-order valence-electron chi connectivity index (χ1n) is 9.98. The summed E-state index contributed by atoms with van der Waals surface area (Å²) in [7, 11) is 0. The highest BCUT2D eigenvalue weighted by Gasteiger charge is 2.30. The van der Waals surface area contributed by atoms with E-state index < -0.39 is 0 Å². The Labute approximate surface area is 160 Å². The number of carbonyl (C=O) groups is 1. The summed E-state index contributed by atoms with van der Waals surface area (Å²) in [5.41, 5.74) is 3.27. The molecule has 0 bridgehead atoms. The maximum atomic E-state index is 12.9. The number of nitrogens with zero attached hydrogens (tertiary/aromatic N) is 3. The van der Waals surface area contributed by atoms with Crippen LogP contribution < -0.4 is 5.56 Å². The summed E-state index contributed by atoms with van der Waals surface area (Å²) >= 11 is 0. The fourth-order valence-corrected chi connectivity index (χ4v) is 3.90. The highest BCUT2D eigenvalue weighted by atomic mass is 16.2. The topological polar surface area (TPSA) is 55.2 Å². The minimum atomic E-state index is -0.138. The van der Waals surface area contributed by atoms with Crippen molar-refractivity contribution in [3.8, 4) is 0 Å². The molecule has 1 amide bonds.